The molecule has 0 saturated carbocycles. The van der Waals surface area contributed by atoms with E-state index >= 15 is 0 Å². The van der Waals surface area contributed by atoms with Gasteiger partial charge in [-0.1, -0.05) is 71.8 Å². The second-order valence-electron chi connectivity index (χ2n) is 37.9. The second-order valence-corrected chi connectivity index (χ2v) is 41.6. The Bertz CT molecular complexity index is 8020. The number of fused-ring (bicyclic) bond motifs is 28. The molecule has 4 amide bonds. The fraction of sp³-hybridized carbons (Fsp3) is 0.214. The van der Waals surface area contributed by atoms with Gasteiger partial charge in [0.15, 0.2) is 45.8 Å². The van der Waals surface area contributed by atoms with Gasteiger partial charge in [0.05, 0.1) is 91.2 Å². The summed E-state index contributed by atoms with van der Waals surface area (Å²) in [5, 5.41) is 59.0. The molecule has 0 bridgehead atoms. The molecule has 38 heteroatoms. The van der Waals surface area contributed by atoms with Crippen LogP contribution in [0.25, 0.3) is 86.3 Å². The molecule has 4 aliphatic carbocycles. The number of aryl methyl sites for hydroxylation is 2. The SMILES string of the molecule is COc1ccc2c(c1)[C@@H](N1[C@@H]3COCCN3C(=O)c3c(O)c(=O)ccn31)c1ccc(F)cc1-c1ccsc1-2.COc1ccc2c(c1)[C@H](N1[C@@H]3COCCN3C(=O)c3c(O)c(=O)ccn31)c1ccc(F)cc1-c1ccsc1-2.Cc1ccc2c(c1)-c1sccc1-c1cc(F)ccc1[C@@H]2N1[C@@H]2COCCN2C(=O)c2c(O)c(=O)ccn21.Cc1ccc2c(c1)-c1sccc1-c1cc(F)ccc1[C@H]2N1[C@@H]2COCCN2C(=O)c2c(O)c(=O)ccn21. The zero-order valence-electron chi connectivity index (χ0n) is 80.2. The van der Waals surface area contributed by atoms with Crippen LogP contribution >= 0.6 is 45.3 Å². The summed E-state index contributed by atoms with van der Waals surface area (Å²) in [7, 11) is 3.20. The van der Waals surface area contributed by atoms with Gasteiger partial charge in [-0.15, -0.1) is 45.3 Å². The van der Waals surface area contributed by atoms with Crippen LogP contribution in [0.5, 0.6) is 34.5 Å². The number of halogens is 4. The monoisotopic (exact) mass is 2090 g/mol. The lowest BCUT2D eigenvalue weighted by Gasteiger charge is -2.51. The molecule has 4 saturated heterocycles. The molecule has 28 rings (SSSR count). The van der Waals surface area contributed by atoms with Gasteiger partial charge in [0.1, 0.15) is 59.4 Å². The van der Waals surface area contributed by atoms with Crippen molar-refractivity contribution in [2.75, 3.05) is 113 Å². The maximum atomic E-state index is 14.7. The van der Waals surface area contributed by atoms with E-state index in [2.05, 4.69) is 24.3 Å². The zero-order valence-corrected chi connectivity index (χ0v) is 83.5. The highest BCUT2D eigenvalue weighted by atomic mass is 32.1. The van der Waals surface area contributed by atoms with E-state index in [0.29, 0.717) is 64.1 Å². The number of morpholine rings is 4. The van der Waals surface area contributed by atoms with Gasteiger partial charge in [-0.25, -0.2) is 17.6 Å². The molecule has 4 fully saturated rings. The highest BCUT2D eigenvalue weighted by molar-refractivity contribution is 7.15. The molecule has 8 aliphatic heterocycles. The molecule has 756 valence electrons. The number of thiophene rings is 4. The number of aromatic nitrogens is 4. The van der Waals surface area contributed by atoms with Crippen LogP contribution in [-0.4, -0.2) is 200 Å². The molecule has 30 nitrogen and oxygen atoms in total. The Hall–Kier alpha value is -16.2. The Balaban J connectivity index is 0.000000104. The van der Waals surface area contributed by atoms with Gasteiger partial charge in [-0.05, 0) is 234 Å². The van der Waals surface area contributed by atoms with Gasteiger partial charge >= 0.3 is 0 Å². The third-order valence-electron chi connectivity index (χ3n) is 29.9. The second kappa shape index (κ2) is 37.0. The highest BCUT2D eigenvalue weighted by Crippen LogP contribution is 2.58. The normalized spacial score (nSPS) is 19.7. The number of hydrogen-bond donors (Lipinski definition) is 4. The fourth-order valence-corrected chi connectivity index (χ4v) is 27.1. The van der Waals surface area contributed by atoms with Gasteiger partial charge < -0.3 is 68.4 Å². The smallest absolute Gasteiger partial charge is 0.278 e. The van der Waals surface area contributed by atoms with Crippen LogP contribution in [0.15, 0.2) is 260 Å². The molecule has 0 radical (unpaired) electrons. The van der Waals surface area contributed by atoms with E-state index in [4.69, 9.17) is 28.4 Å². The fourth-order valence-electron chi connectivity index (χ4n) is 23.3. The molecule has 12 aliphatic rings. The first-order valence-electron chi connectivity index (χ1n) is 48.4. The Morgan fingerprint density at radius 1 is 0.280 bits per heavy atom. The third kappa shape index (κ3) is 15.0. The average Bonchev–Trinajstić information content (AvgIpc) is 1.31. The Labute approximate surface area is 867 Å². The van der Waals surface area contributed by atoms with Crippen molar-refractivity contribution in [3.63, 3.8) is 0 Å². The van der Waals surface area contributed by atoms with Crippen LogP contribution in [-0.2, 0) is 18.9 Å². The van der Waals surface area contributed by atoms with Crippen molar-refractivity contribution >= 4 is 69.0 Å². The number of carbonyl (C=O) groups excluding carboxylic acids is 4. The standard InChI is InChI=1S/2C28H22FN3O5S.2C28H22FN3O4S/c2*1-36-16-3-5-18-21(13-16)24(17-4-2-15(29)12-20(17)19-7-11-38-27(18)19)32-23-14-37-10-9-30(23)28(35)25-26(34)22(33)6-8-31(25)32;2*1-15-2-4-18-21(12-15)27-19(7-11-37-27)20-13-16(29)3-5-17(20)24(18)32-23-14-36-10-9-30(23)28(35)25-26(34)22(33)6-8-31(25)32/h2*2-8,11-13,23-24,34H,9-10,14H2,1H3;2*2-8,11-13,23-24,34H,9-10,14H2,1H3/t23-,24+;23-,24-;23-,24+;23-,24-/m1111/s1. The van der Waals surface area contributed by atoms with Gasteiger partial charge in [-0.3, -0.25) is 77.1 Å². The number of rotatable bonds is 6. The van der Waals surface area contributed by atoms with Crippen molar-refractivity contribution in [1.82, 2.24) is 38.3 Å². The molecule has 150 heavy (non-hydrogen) atoms. The molecule has 8 aromatic heterocycles. The number of methoxy groups -OCH3 is 2. The van der Waals surface area contributed by atoms with Crippen molar-refractivity contribution in [1.29, 1.82) is 0 Å². The van der Waals surface area contributed by atoms with Crippen molar-refractivity contribution in [3.05, 3.63) is 383 Å². The van der Waals surface area contributed by atoms with E-state index < -0.39 is 117 Å². The number of benzene rings is 8. The molecule has 8 aromatic carbocycles. The first-order valence-corrected chi connectivity index (χ1v) is 51.9. The summed E-state index contributed by atoms with van der Waals surface area (Å²) in [6.07, 6.45) is 3.94. The van der Waals surface area contributed by atoms with Crippen LogP contribution in [0.2, 0.25) is 0 Å². The minimum absolute atomic E-state index is 0.0815. The number of carbonyl (C=O) groups is 4. The Morgan fingerprint density at radius 3 is 0.793 bits per heavy atom. The van der Waals surface area contributed by atoms with E-state index in [1.807, 2.05) is 128 Å². The Kier molecular flexibility index (Phi) is 23.4. The van der Waals surface area contributed by atoms with Crippen LogP contribution in [0.1, 0.15) is 122 Å². The van der Waals surface area contributed by atoms with Crippen molar-refractivity contribution < 1.29 is 85.6 Å². The van der Waals surface area contributed by atoms with E-state index in [9.17, 15) is 76.3 Å². The number of hydrogen-bond acceptors (Lipinski definition) is 26. The predicted octanol–water partition coefficient (Wildman–Crippen LogP) is 16.4. The number of pyridine rings is 4. The van der Waals surface area contributed by atoms with Crippen LogP contribution in [0, 0.1) is 37.1 Å². The van der Waals surface area contributed by atoms with E-state index in [0.717, 1.165) is 142 Å². The summed E-state index contributed by atoms with van der Waals surface area (Å²) in [6, 6.07) is 54.1. The van der Waals surface area contributed by atoms with Crippen molar-refractivity contribution in [3.8, 4) is 121 Å². The molecule has 0 spiro atoms. The lowest BCUT2D eigenvalue weighted by atomic mass is 9.91. The molecule has 16 aromatic rings. The predicted molar refractivity (Wildman–Crippen MR) is 555 cm³/mol. The van der Waals surface area contributed by atoms with Gasteiger partial charge in [0, 0.05) is 117 Å². The summed E-state index contributed by atoms with van der Waals surface area (Å²) in [5.74, 6) is -4.21. The maximum absolute atomic E-state index is 14.7. The number of aromatic hydroxyl groups is 4. The Morgan fingerprint density at radius 2 is 0.527 bits per heavy atom. The average molecular weight is 2090 g/mol. The highest BCUT2D eigenvalue weighted by Gasteiger charge is 2.53. The van der Waals surface area contributed by atoms with E-state index in [1.165, 1.54) is 85.5 Å². The minimum Gasteiger partial charge on any atom is -0.502 e. The van der Waals surface area contributed by atoms with Crippen LogP contribution in [0.4, 0.5) is 17.6 Å². The van der Waals surface area contributed by atoms with Gasteiger partial charge in [-0.2, -0.15) is 0 Å². The van der Waals surface area contributed by atoms with Crippen LogP contribution < -0.4 is 51.2 Å². The largest absolute Gasteiger partial charge is 0.502 e. The molecule has 16 heterocycles. The summed E-state index contributed by atoms with van der Waals surface area (Å²) in [4.78, 5) is 114. The van der Waals surface area contributed by atoms with Gasteiger partial charge in [0.25, 0.3) is 23.6 Å². The summed E-state index contributed by atoms with van der Waals surface area (Å²) in [5.41, 5.74) is 17.0. The number of amides is 4. The van der Waals surface area contributed by atoms with Crippen molar-refractivity contribution in [2.45, 2.75) is 62.7 Å². The number of ether oxygens (including phenoxy) is 6. The zero-order chi connectivity index (χ0) is 103. The lowest BCUT2D eigenvalue weighted by Crippen LogP contribution is -2.66. The third-order valence-corrected chi connectivity index (χ3v) is 33.7. The van der Waals surface area contributed by atoms with Crippen LogP contribution in [0.3, 0.4) is 0 Å². The molecule has 0 unspecified atom stereocenters. The maximum Gasteiger partial charge on any atom is 0.278 e. The molecular formula is C112H88F4N12O18S4. The first-order chi connectivity index (χ1) is 72.8. The summed E-state index contributed by atoms with van der Waals surface area (Å²) in [6.45, 7) is 7.60. The first kappa shape index (κ1) is 94.8. The number of nitrogens with zero attached hydrogens (tertiary/aromatic N) is 12. The lowest BCUT2D eigenvalue weighted by molar-refractivity contribution is -0.0197. The van der Waals surface area contributed by atoms with Crippen molar-refractivity contribution in [2.24, 2.45) is 0 Å². The topological polar surface area (TPSA) is 318 Å². The molecule has 4 N–H and O–H groups in total. The molecular weight excluding hydrogens is 2010 g/mol. The van der Waals surface area contributed by atoms with E-state index in [1.54, 1.807) is 134 Å². The quantitative estimate of drug-likeness (QED) is 0.112. The molecule has 8 atom stereocenters. The summed E-state index contributed by atoms with van der Waals surface area (Å²) < 4.78 is 99.7. The van der Waals surface area contributed by atoms with Gasteiger partial charge in [0.2, 0.25) is 21.7 Å². The minimum atomic E-state index is -0.635. The summed E-state index contributed by atoms with van der Waals surface area (Å²) >= 11 is 6.34. The van der Waals surface area contributed by atoms with E-state index in [-0.39, 0.29) is 72.5 Å².